The van der Waals surface area contributed by atoms with E-state index in [1.807, 2.05) is 36.4 Å². The van der Waals surface area contributed by atoms with Crippen molar-refractivity contribution in [1.82, 2.24) is 20.5 Å². The Hall–Kier alpha value is -3.82. The number of hydrogen-bond donors (Lipinski definition) is 4. The molecule has 4 aromatic rings. The quantitative estimate of drug-likeness (QED) is 0.331. The number of anilines is 5. The summed E-state index contributed by atoms with van der Waals surface area (Å²) in [5.41, 5.74) is 2.14. The molecule has 174 valence electrons. The zero-order valence-electron chi connectivity index (χ0n) is 18.6. The molecule has 1 aliphatic rings. The largest absolute Gasteiger partial charge is 0.494 e. The first-order valence-electron chi connectivity index (χ1n) is 10.9. The van der Waals surface area contributed by atoms with Crippen molar-refractivity contribution in [1.29, 1.82) is 0 Å². The summed E-state index contributed by atoms with van der Waals surface area (Å²) in [7, 11) is 1.62. The molecule has 3 heterocycles. The summed E-state index contributed by atoms with van der Waals surface area (Å²) in [5.74, 6) is 1.55. The van der Waals surface area contributed by atoms with Crippen LogP contribution >= 0.6 is 11.6 Å². The third kappa shape index (κ3) is 4.48. The number of aromatic amines is 1. The zero-order chi connectivity index (χ0) is 23.5. The first-order valence-corrected chi connectivity index (χ1v) is 11.3. The third-order valence-corrected chi connectivity index (χ3v) is 6.03. The number of nitrogens with one attached hydrogen (secondary N) is 4. The van der Waals surface area contributed by atoms with Gasteiger partial charge in [0.2, 0.25) is 0 Å². The number of fused-ring (bicyclic) bond motifs is 1. The smallest absolute Gasteiger partial charge is 0.275 e. The van der Waals surface area contributed by atoms with E-state index in [0.717, 1.165) is 31.9 Å². The molecule has 2 aromatic heterocycles. The molecule has 0 unspecified atom stereocenters. The normalized spacial score (nSPS) is 13.6. The molecule has 1 aliphatic heterocycles. The molecule has 0 aliphatic carbocycles. The van der Waals surface area contributed by atoms with Gasteiger partial charge in [0.25, 0.3) is 5.56 Å². The van der Waals surface area contributed by atoms with Gasteiger partial charge in [0, 0.05) is 43.3 Å². The van der Waals surface area contributed by atoms with Gasteiger partial charge in [0.15, 0.2) is 0 Å². The van der Waals surface area contributed by atoms with E-state index in [1.165, 1.54) is 0 Å². The third-order valence-electron chi connectivity index (χ3n) is 5.70. The van der Waals surface area contributed by atoms with Crippen LogP contribution in [-0.2, 0) is 0 Å². The molecule has 1 saturated heterocycles. The van der Waals surface area contributed by atoms with Crippen LogP contribution in [0, 0.1) is 0 Å². The Morgan fingerprint density at radius 3 is 2.68 bits per heavy atom. The molecule has 0 atom stereocenters. The minimum absolute atomic E-state index is 0.340. The summed E-state index contributed by atoms with van der Waals surface area (Å²) in [6.07, 6.45) is 1.59. The van der Waals surface area contributed by atoms with Gasteiger partial charge in [-0.05, 0) is 30.3 Å². The maximum Gasteiger partial charge on any atom is 0.275 e. The Bertz CT molecular complexity index is 1390. The van der Waals surface area contributed by atoms with Crippen LogP contribution in [0.2, 0.25) is 5.02 Å². The number of hydrogen-bond acceptors (Lipinski definition) is 8. The van der Waals surface area contributed by atoms with Crippen LogP contribution in [0.4, 0.5) is 28.7 Å². The number of benzene rings is 2. The van der Waals surface area contributed by atoms with Gasteiger partial charge in [-0.15, -0.1) is 0 Å². The van der Waals surface area contributed by atoms with Crippen molar-refractivity contribution in [2.45, 2.75) is 0 Å². The monoisotopic (exact) mass is 477 g/mol. The van der Waals surface area contributed by atoms with Crippen molar-refractivity contribution < 1.29 is 4.74 Å². The van der Waals surface area contributed by atoms with Gasteiger partial charge in [0.1, 0.15) is 17.4 Å². The second-order valence-electron chi connectivity index (χ2n) is 7.87. The van der Waals surface area contributed by atoms with E-state index in [9.17, 15) is 4.79 Å². The van der Waals surface area contributed by atoms with E-state index in [2.05, 4.69) is 36.0 Å². The molecule has 0 spiro atoms. The summed E-state index contributed by atoms with van der Waals surface area (Å²) < 4.78 is 5.67. The molecular weight excluding hydrogens is 454 g/mol. The van der Waals surface area contributed by atoms with Crippen LogP contribution in [0.15, 0.2) is 59.5 Å². The fourth-order valence-electron chi connectivity index (χ4n) is 4.01. The second kappa shape index (κ2) is 9.58. The molecule has 0 bridgehead atoms. The SMILES string of the molecule is COc1cc(N2CCNCC2)ccc1Nc1nc(Nc2ccccc2Cl)cc2cn[nH]c(=O)c12. The molecule has 0 saturated carbocycles. The predicted molar refractivity (Wildman–Crippen MR) is 136 cm³/mol. The highest BCUT2D eigenvalue weighted by molar-refractivity contribution is 6.33. The maximum atomic E-state index is 12.6. The van der Waals surface area contributed by atoms with Crippen molar-refractivity contribution in [3.05, 3.63) is 70.1 Å². The number of halogens is 1. The molecule has 5 rings (SSSR count). The average Bonchev–Trinajstić information content (AvgIpc) is 2.86. The molecule has 9 nitrogen and oxygen atoms in total. The molecule has 2 aromatic carbocycles. The average molecular weight is 478 g/mol. The first-order chi connectivity index (χ1) is 16.6. The van der Waals surface area contributed by atoms with Gasteiger partial charge >= 0.3 is 0 Å². The predicted octanol–water partition coefficient (Wildman–Crippen LogP) is 3.88. The topological polar surface area (TPSA) is 107 Å². The number of methoxy groups -OCH3 is 1. The lowest BCUT2D eigenvalue weighted by Gasteiger charge is -2.30. The van der Waals surface area contributed by atoms with Gasteiger partial charge < -0.3 is 25.6 Å². The number of nitrogens with zero attached hydrogens (tertiary/aromatic N) is 3. The van der Waals surface area contributed by atoms with Gasteiger partial charge in [-0.25, -0.2) is 10.1 Å². The molecule has 0 radical (unpaired) electrons. The highest BCUT2D eigenvalue weighted by atomic mass is 35.5. The highest BCUT2D eigenvalue weighted by Gasteiger charge is 2.16. The summed E-state index contributed by atoms with van der Waals surface area (Å²) in [6.45, 7) is 3.75. The van der Waals surface area contributed by atoms with E-state index < -0.39 is 0 Å². The number of H-pyrrole nitrogens is 1. The van der Waals surface area contributed by atoms with Crippen LogP contribution in [0.25, 0.3) is 10.8 Å². The Morgan fingerprint density at radius 2 is 1.88 bits per heavy atom. The van der Waals surface area contributed by atoms with E-state index in [4.69, 9.17) is 16.3 Å². The zero-order valence-corrected chi connectivity index (χ0v) is 19.3. The van der Waals surface area contributed by atoms with E-state index in [-0.39, 0.29) is 5.56 Å². The van der Waals surface area contributed by atoms with Crippen LogP contribution < -0.4 is 31.1 Å². The fraction of sp³-hybridized carbons (Fsp3) is 0.208. The van der Waals surface area contributed by atoms with Crippen molar-refractivity contribution in [3.63, 3.8) is 0 Å². The minimum Gasteiger partial charge on any atom is -0.494 e. The standard InChI is InChI=1S/C24H24ClN7O2/c1-34-20-13-16(32-10-8-26-9-11-32)6-7-19(20)29-23-22-15(14-27-31-24(22)33)12-21(30-23)28-18-5-3-2-4-17(18)25/h2-7,12-14,26H,8-11H2,1H3,(H,31,33)(H2,28,29,30). The van der Waals surface area contributed by atoms with E-state index in [1.54, 1.807) is 25.4 Å². The Labute approximate surface area is 201 Å². The van der Waals surface area contributed by atoms with Crippen molar-refractivity contribution in [2.24, 2.45) is 0 Å². The lowest BCUT2D eigenvalue weighted by atomic mass is 10.2. The van der Waals surface area contributed by atoms with Crippen molar-refractivity contribution >= 4 is 51.1 Å². The van der Waals surface area contributed by atoms with Crippen LogP contribution in [0.5, 0.6) is 5.75 Å². The van der Waals surface area contributed by atoms with Crippen LogP contribution in [-0.4, -0.2) is 48.5 Å². The maximum absolute atomic E-state index is 12.6. The molecule has 10 heteroatoms. The van der Waals surface area contributed by atoms with E-state index in [0.29, 0.717) is 44.6 Å². The molecule has 34 heavy (non-hydrogen) atoms. The van der Waals surface area contributed by atoms with E-state index >= 15 is 0 Å². The molecule has 0 amide bonds. The number of aromatic nitrogens is 3. The number of piperazine rings is 1. The van der Waals surface area contributed by atoms with Crippen LogP contribution in [0.1, 0.15) is 0 Å². The lowest BCUT2D eigenvalue weighted by Crippen LogP contribution is -2.43. The summed E-state index contributed by atoms with van der Waals surface area (Å²) in [4.78, 5) is 19.6. The Morgan fingerprint density at radius 1 is 1.06 bits per heavy atom. The number of rotatable bonds is 6. The summed E-state index contributed by atoms with van der Waals surface area (Å²) >= 11 is 6.31. The molecule has 4 N–H and O–H groups in total. The fourth-order valence-corrected chi connectivity index (χ4v) is 4.19. The van der Waals surface area contributed by atoms with Gasteiger partial charge in [-0.2, -0.15) is 5.10 Å². The van der Waals surface area contributed by atoms with Crippen molar-refractivity contribution in [3.8, 4) is 5.75 Å². The minimum atomic E-state index is -0.340. The summed E-state index contributed by atoms with van der Waals surface area (Å²) in [5, 5.41) is 17.9. The Kier molecular flexibility index (Phi) is 6.20. The van der Waals surface area contributed by atoms with Gasteiger partial charge in [-0.3, -0.25) is 4.79 Å². The molecule has 1 fully saturated rings. The molecular formula is C24H24ClN7O2. The Balaban J connectivity index is 1.53. The second-order valence-corrected chi connectivity index (χ2v) is 8.28. The number of para-hydroxylation sites is 1. The lowest BCUT2D eigenvalue weighted by molar-refractivity contribution is 0.416. The number of pyridine rings is 1. The number of ether oxygens (including phenoxy) is 1. The van der Waals surface area contributed by atoms with Crippen LogP contribution in [0.3, 0.4) is 0 Å². The van der Waals surface area contributed by atoms with Gasteiger partial charge in [0.05, 0.1) is 35.1 Å². The summed E-state index contributed by atoms with van der Waals surface area (Å²) in [6, 6.07) is 15.1. The van der Waals surface area contributed by atoms with Crippen molar-refractivity contribution in [2.75, 3.05) is 48.8 Å². The highest BCUT2D eigenvalue weighted by Crippen LogP contribution is 2.34. The van der Waals surface area contributed by atoms with Gasteiger partial charge in [-0.1, -0.05) is 23.7 Å². The first kappa shape index (κ1) is 22.0.